The lowest BCUT2D eigenvalue weighted by atomic mass is 10.1. The first kappa shape index (κ1) is 15.9. The Labute approximate surface area is 139 Å². The van der Waals surface area contributed by atoms with Gasteiger partial charge in [-0.15, -0.1) is 0 Å². The Hall–Kier alpha value is -1.99. The minimum absolute atomic E-state index is 0.126. The Morgan fingerprint density at radius 3 is 3.09 bits per heavy atom. The van der Waals surface area contributed by atoms with Crippen molar-refractivity contribution in [2.45, 2.75) is 38.8 Å². The van der Waals surface area contributed by atoms with Gasteiger partial charge in [-0.05, 0) is 18.6 Å². The third-order valence-corrected chi connectivity index (χ3v) is 3.99. The van der Waals surface area contributed by atoms with E-state index in [1.54, 1.807) is 12.1 Å². The lowest BCUT2D eigenvalue weighted by Gasteiger charge is -2.23. The van der Waals surface area contributed by atoms with Crippen molar-refractivity contribution in [1.82, 2.24) is 25.1 Å². The van der Waals surface area contributed by atoms with E-state index in [1.807, 2.05) is 11.6 Å². The normalized spacial score (nSPS) is 16.9. The minimum Gasteiger partial charge on any atom is -0.310 e. The Balaban J connectivity index is 1.49. The maximum atomic E-state index is 12.0. The fraction of sp³-hybridized carbons (Fsp3) is 0.467. The summed E-state index contributed by atoms with van der Waals surface area (Å²) in [5.74, 6) is 2.29. The van der Waals surface area contributed by atoms with Crippen molar-refractivity contribution in [3.8, 4) is 0 Å². The lowest BCUT2D eigenvalue weighted by Crippen LogP contribution is -2.41. The molecule has 1 atom stereocenters. The van der Waals surface area contributed by atoms with Crippen LogP contribution in [0, 0.1) is 0 Å². The number of fused-ring (bicyclic) bond motifs is 1. The van der Waals surface area contributed by atoms with Gasteiger partial charge in [0.05, 0.1) is 18.1 Å². The van der Waals surface area contributed by atoms with E-state index >= 15 is 0 Å². The molecule has 3 rings (SSSR count). The number of aryl methyl sites for hydroxylation is 2. The minimum atomic E-state index is -0.126. The zero-order valence-corrected chi connectivity index (χ0v) is 13.7. The van der Waals surface area contributed by atoms with Crippen LogP contribution in [-0.2, 0) is 24.2 Å². The Morgan fingerprint density at radius 1 is 1.48 bits per heavy atom. The van der Waals surface area contributed by atoms with Gasteiger partial charge in [-0.1, -0.05) is 18.5 Å². The number of hydrogen-bond donors (Lipinski definition) is 2. The van der Waals surface area contributed by atoms with Gasteiger partial charge in [0.2, 0.25) is 5.91 Å². The SMILES string of the molecule is CCc1nc2n(n1)C[C@@H](NCC(=O)Nc1ccc(Cl)cn1)CC2. The maximum absolute atomic E-state index is 12.0. The standard InChI is InChI=1S/C15H19ClN6O/c1-2-12-19-14-6-4-11(9-22(14)21-12)17-8-15(23)20-13-5-3-10(16)7-18-13/h3,5,7,11,17H,2,4,6,8-9H2,1H3,(H,18,20,23)/t11-/m0/s1. The summed E-state index contributed by atoms with van der Waals surface area (Å²) in [4.78, 5) is 20.5. The van der Waals surface area contributed by atoms with Crippen molar-refractivity contribution in [2.24, 2.45) is 0 Å². The number of pyridine rings is 1. The summed E-state index contributed by atoms with van der Waals surface area (Å²) in [7, 11) is 0. The van der Waals surface area contributed by atoms with Crippen LogP contribution in [0.1, 0.15) is 25.0 Å². The van der Waals surface area contributed by atoms with Crippen LogP contribution in [0.2, 0.25) is 5.02 Å². The lowest BCUT2D eigenvalue weighted by molar-refractivity contribution is -0.115. The summed E-state index contributed by atoms with van der Waals surface area (Å²) in [5, 5.41) is 11.0. The Kier molecular flexibility index (Phi) is 4.88. The first-order valence-electron chi connectivity index (χ1n) is 7.71. The fourth-order valence-electron chi connectivity index (χ4n) is 2.55. The summed E-state index contributed by atoms with van der Waals surface area (Å²) in [6.45, 7) is 3.03. The largest absolute Gasteiger partial charge is 0.310 e. The number of rotatable bonds is 5. The van der Waals surface area contributed by atoms with Crippen molar-refractivity contribution in [3.63, 3.8) is 0 Å². The highest BCUT2D eigenvalue weighted by Crippen LogP contribution is 2.13. The smallest absolute Gasteiger partial charge is 0.239 e. The van der Waals surface area contributed by atoms with Crippen LogP contribution in [-0.4, -0.2) is 38.2 Å². The molecule has 0 saturated heterocycles. The van der Waals surface area contributed by atoms with Gasteiger partial charge in [-0.3, -0.25) is 4.79 Å². The number of nitrogens with zero attached hydrogens (tertiary/aromatic N) is 4. The van der Waals surface area contributed by atoms with Crippen molar-refractivity contribution in [2.75, 3.05) is 11.9 Å². The van der Waals surface area contributed by atoms with Gasteiger partial charge in [-0.2, -0.15) is 5.10 Å². The molecule has 1 aliphatic rings. The number of halogens is 1. The van der Waals surface area contributed by atoms with Gasteiger partial charge in [0, 0.05) is 25.1 Å². The molecule has 7 nitrogen and oxygen atoms in total. The summed E-state index contributed by atoms with van der Waals surface area (Å²) in [6.07, 6.45) is 4.18. The number of carbonyl (C=O) groups excluding carboxylic acids is 1. The number of aromatic nitrogens is 4. The van der Waals surface area contributed by atoms with Crippen LogP contribution in [0.25, 0.3) is 0 Å². The van der Waals surface area contributed by atoms with E-state index in [0.29, 0.717) is 10.8 Å². The van der Waals surface area contributed by atoms with Crippen LogP contribution in [0.4, 0.5) is 5.82 Å². The Bertz CT molecular complexity index is 684. The topological polar surface area (TPSA) is 84.7 Å². The van der Waals surface area contributed by atoms with Crippen LogP contribution >= 0.6 is 11.6 Å². The molecular weight excluding hydrogens is 316 g/mol. The molecule has 0 fully saturated rings. The third-order valence-electron chi connectivity index (χ3n) is 3.76. The molecule has 0 spiro atoms. The molecule has 0 aromatic carbocycles. The van der Waals surface area contributed by atoms with Crippen molar-refractivity contribution < 1.29 is 4.79 Å². The highest BCUT2D eigenvalue weighted by molar-refractivity contribution is 6.30. The molecule has 2 N–H and O–H groups in total. The monoisotopic (exact) mass is 334 g/mol. The van der Waals surface area contributed by atoms with E-state index in [2.05, 4.69) is 25.7 Å². The number of carbonyl (C=O) groups is 1. The number of anilines is 1. The predicted molar refractivity (Wildman–Crippen MR) is 87.4 cm³/mol. The highest BCUT2D eigenvalue weighted by Gasteiger charge is 2.21. The van der Waals surface area contributed by atoms with E-state index in [1.165, 1.54) is 6.20 Å². The number of hydrogen-bond acceptors (Lipinski definition) is 5. The van der Waals surface area contributed by atoms with E-state index in [-0.39, 0.29) is 18.5 Å². The molecule has 1 aliphatic heterocycles. The second-order valence-electron chi connectivity index (χ2n) is 5.51. The Morgan fingerprint density at radius 2 is 2.35 bits per heavy atom. The van der Waals surface area contributed by atoms with E-state index in [4.69, 9.17) is 11.6 Å². The summed E-state index contributed by atoms with van der Waals surface area (Å²) in [6, 6.07) is 3.59. The average molecular weight is 335 g/mol. The van der Waals surface area contributed by atoms with Gasteiger partial charge < -0.3 is 10.6 Å². The predicted octanol–water partition coefficient (Wildman–Crippen LogP) is 1.43. The van der Waals surface area contributed by atoms with Gasteiger partial charge in [0.1, 0.15) is 11.6 Å². The summed E-state index contributed by atoms with van der Waals surface area (Å²) in [5.41, 5.74) is 0. The van der Waals surface area contributed by atoms with Crippen LogP contribution in [0.3, 0.4) is 0 Å². The highest BCUT2D eigenvalue weighted by atomic mass is 35.5. The molecule has 0 saturated carbocycles. The average Bonchev–Trinajstić information content (AvgIpc) is 2.97. The van der Waals surface area contributed by atoms with E-state index in [0.717, 1.165) is 37.5 Å². The van der Waals surface area contributed by atoms with E-state index in [9.17, 15) is 4.79 Å². The van der Waals surface area contributed by atoms with Gasteiger partial charge in [0.15, 0.2) is 5.82 Å². The molecule has 8 heteroatoms. The van der Waals surface area contributed by atoms with Crippen LogP contribution in [0.5, 0.6) is 0 Å². The quantitative estimate of drug-likeness (QED) is 0.864. The first-order chi connectivity index (χ1) is 11.1. The number of nitrogens with one attached hydrogen (secondary N) is 2. The molecule has 23 heavy (non-hydrogen) atoms. The first-order valence-corrected chi connectivity index (χ1v) is 8.09. The molecule has 122 valence electrons. The molecule has 1 amide bonds. The molecule has 2 aromatic rings. The fourth-order valence-corrected chi connectivity index (χ4v) is 2.66. The molecule has 0 bridgehead atoms. The van der Waals surface area contributed by atoms with Crippen molar-refractivity contribution >= 4 is 23.3 Å². The zero-order valence-electron chi connectivity index (χ0n) is 12.9. The summed E-state index contributed by atoms with van der Waals surface area (Å²) >= 11 is 5.76. The molecule has 2 aromatic heterocycles. The van der Waals surface area contributed by atoms with Crippen LogP contribution in [0.15, 0.2) is 18.3 Å². The maximum Gasteiger partial charge on any atom is 0.239 e. The zero-order chi connectivity index (χ0) is 16.2. The number of amides is 1. The van der Waals surface area contributed by atoms with Gasteiger partial charge in [0.25, 0.3) is 0 Å². The molecule has 0 radical (unpaired) electrons. The van der Waals surface area contributed by atoms with Gasteiger partial charge in [-0.25, -0.2) is 14.6 Å². The van der Waals surface area contributed by atoms with Crippen molar-refractivity contribution in [3.05, 3.63) is 35.0 Å². The second-order valence-corrected chi connectivity index (χ2v) is 5.94. The summed E-state index contributed by atoms with van der Waals surface area (Å²) < 4.78 is 1.94. The second kappa shape index (κ2) is 7.06. The van der Waals surface area contributed by atoms with Gasteiger partial charge >= 0.3 is 0 Å². The molecule has 0 unspecified atom stereocenters. The molecular formula is C15H19ClN6O. The third kappa shape index (κ3) is 4.05. The molecule has 3 heterocycles. The van der Waals surface area contributed by atoms with Crippen molar-refractivity contribution in [1.29, 1.82) is 0 Å². The molecule has 0 aliphatic carbocycles. The van der Waals surface area contributed by atoms with E-state index < -0.39 is 0 Å². The van der Waals surface area contributed by atoms with Crippen LogP contribution < -0.4 is 10.6 Å².